The van der Waals surface area contributed by atoms with Crippen LogP contribution in [0.1, 0.15) is 6.92 Å². The number of para-hydroxylation sites is 1. The summed E-state index contributed by atoms with van der Waals surface area (Å²) in [6.45, 7) is 3.64. The molecule has 0 aliphatic rings. The van der Waals surface area contributed by atoms with E-state index >= 15 is 0 Å². The fraction of sp³-hybridized carbons (Fsp3) is 0.462. The van der Waals surface area contributed by atoms with E-state index in [1.165, 1.54) is 0 Å². The van der Waals surface area contributed by atoms with Gasteiger partial charge in [-0.3, -0.25) is 4.79 Å². The topological polar surface area (TPSA) is 59.6 Å². The Bertz CT molecular complexity index is 417. The molecule has 0 saturated heterocycles. The summed E-state index contributed by atoms with van der Waals surface area (Å²) in [5.74, 6) is 0.313. The van der Waals surface area contributed by atoms with Gasteiger partial charge in [0, 0.05) is 6.61 Å². The average Bonchev–Trinajstić information content (AvgIpc) is 2.37. The lowest BCUT2D eigenvalue weighted by Crippen LogP contribution is -2.25. The minimum Gasteiger partial charge on any atom is -0.487 e. The van der Waals surface area contributed by atoms with Crippen molar-refractivity contribution in [1.82, 2.24) is 5.32 Å². The molecule has 7 heteroatoms. The van der Waals surface area contributed by atoms with Crippen molar-refractivity contribution in [3.63, 3.8) is 0 Å². The first kappa shape index (κ1) is 19.0. The van der Waals surface area contributed by atoms with Crippen LogP contribution in [-0.2, 0) is 9.53 Å². The summed E-state index contributed by atoms with van der Waals surface area (Å²) in [6, 6.07) is 5.22. The van der Waals surface area contributed by atoms with Crippen molar-refractivity contribution < 1.29 is 14.3 Å². The van der Waals surface area contributed by atoms with Crippen molar-refractivity contribution in [1.29, 1.82) is 0 Å². The number of nitrogens with one attached hydrogen (secondary N) is 2. The number of likely N-dealkylation sites (N-methyl/N-ethyl adjacent to an activating group) is 1. The molecule has 5 nitrogen and oxygen atoms in total. The zero-order valence-electron chi connectivity index (χ0n) is 11.6. The number of halogens is 2. The number of anilines is 1. The summed E-state index contributed by atoms with van der Waals surface area (Å²) in [5.41, 5.74) is 0.559. The number of benzene rings is 1. The Morgan fingerprint density at radius 2 is 2.10 bits per heavy atom. The van der Waals surface area contributed by atoms with Gasteiger partial charge in [-0.15, -0.1) is 12.4 Å². The third-order valence-corrected chi connectivity index (χ3v) is 2.55. The lowest BCUT2D eigenvalue weighted by Gasteiger charge is -2.14. The molecular formula is C13H20Cl2N2O3. The van der Waals surface area contributed by atoms with E-state index < -0.39 is 0 Å². The molecule has 0 bridgehead atoms. The second-order valence-electron chi connectivity index (χ2n) is 3.74. The van der Waals surface area contributed by atoms with Crippen LogP contribution in [0, 0.1) is 0 Å². The molecule has 1 aromatic carbocycles. The standard InChI is InChI=1S/C13H19ClN2O3.ClH/c1-3-18-7-8-19-13-10(14)5-4-6-11(13)16-12(17)9-15-2;/h4-6,15H,3,7-9H2,1-2H3,(H,16,17);1H. The molecule has 0 spiro atoms. The number of carbonyl (C=O) groups is 1. The SMILES string of the molecule is CCOCCOc1c(Cl)cccc1NC(=O)CNC.Cl. The molecule has 2 N–H and O–H groups in total. The van der Waals surface area contributed by atoms with Crippen LogP contribution < -0.4 is 15.4 Å². The van der Waals surface area contributed by atoms with Gasteiger partial charge in [0.15, 0.2) is 5.75 Å². The predicted molar refractivity (Wildman–Crippen MR) is 83.2 cm³/mol. The van der Waals surface area contributed by atoms with Gasteiger partial charge in [-0.25, -0.2) is 0 Å². The Balaban J connectivity index is 0.00000361. The number of amides is 1. The van der Waals surface area contributed by atoms with Crippen LogP contribution >= 0.6 is 24.0 Å². The molecule has 114 valence electrons. The van der Waals surface area contributed by atoms with Gasteiger partial charge in [-0.1, -0.05) is 17.7 Å². The molecule has 0 atom stereocenters. The summed E-state index contributed by atoms with van der Waals surface area (Å²) >= 11 is 6.07. The molecule has 0 heterocycles. The van der Waals surface area contributed by atoms with E-state index in [4.69, 9.17) is 21.1 Å². The molecule has 0 aliphatic carbocycles. The minimum absolute atomic E-state index is 0. The Labute approximate surface area is 130 Å². The smallest absolute Gasteiger partial charge is 0.238 e. The number of rotatable bonds is 8. The summed E-state index contributed by atoms with van der Waals surface area (Å²) < 4.78 is 10.7. The molecular weight excluding hydrogens is 303 g/mol. The van der Waals surface area contributed by atoms with E-state index in [1.807, 2.05) is 6.92 Å². The maximum Gasteiger partial charge on any atom is 0.238 e. The Morgan fingerprint density at radius 1 is 1.35 bits per heavy atom. The lowest BCUT2D eigenvalue weighted by molar-refractivity contribution is -0.115. The van der Waals surface area contributed by atoms with Crippen LogP contribution in [0.4, 0.5) is 5.69 Å². The van der Waals surface area contributed by atoms with Crippen molar-refractivity contribution in [2.75, 3.05) is 38.7 Å². The van der Waals surface area contributed by atoms with Gasteiger partial charge in [-0.2, -0.15) is 0 Å². The lowest BCUT2D eigenvalue weighted by atomic mass is 10.3. The van der Waals surface area contributed by atoms with Gasteiger partial charge in [0.1, 0.15) is 6.61 Å². The molecule has 1 rings (SSSR count). The maximum absolute atomic E-state index is 11.6. The van der Waals surface area contributed by atoms with E-state index in [0.29, 0.717) is 36.3 Å². The fourth-order valence-corrected chi connectivity index (χ4v) is 1.69. The molecule has 0 radical (unpaired) electrons. The fourth-order valence-electron chi connectivity index (χ4n) is 1.46. The van der Waals surface area contributed by atoms with Crippen LogP contribution in [0.2, 0.25) is 5.02 Å². The van der Waals surface area contributed by atoms with E-state index in [1.54, 1.807) is 25.2 Å². The van der Waals surface area contributed by atoms with E-state index in [2.05, 4.69) is 10.6 Å². The van der Waals surface area contributed by atoms with Crippen molar-refractivity contribution in [2.24, 2.45) is 0 Å². The minimum atomic E-state index is -0.153. The van der Waals surface area contributed by atoms with E-state index in [-0.39, 0.29) is 24.9 Å². The zero-order chi connectivity index (χ0) is 14.1. The second-order valence-corrected chi connectivity index (χ2v) is 4.15. The highest BCUT2D eigenvalue weighted by Crippen LogP contribution is 2.32. The Hall–Kier alpha value is -1.01. The largest absolute Gasteiger partial charge is 0.487 e. The van der Waals surface area contributed by atoms with Crippen LogP contribution in [0.3, 0.4) is 0 Å². The first-order valence-electron chi connectivity index (χ1n) is 6.12. The highest BCUT2D eigenvalue weighted by molar-refractivity contribution is 6.32. The van der Waals surface area contributed by atoms with Gasteiger partial charge in [0.05, 0.1) is 23.9 Å². The maximum atomic E-state index is 11.6. The summed E-state index contributed by atoms with van der Waals surface area (Å²) in [5, 5.41) is 5.97. The third-order valence-electron chi connectivity index (χ3n) is 2.26. The molecule has 0 fully saturated rings. The Morgan fingerprint density at radius 3 is 2.75 bits per heavy atom. The average molecular weight is 323 g/mol. The quantitative estimate of drug-likeness (QED) is 0.721. The summed E-state index contributed by atoms with van der Waals surface area (Å²) in [4.78, 5) is 11.6. The van der Waals surface area contributed by atoms with Gasteiger partial charge in [0.2, 0.25) is 5.91 Å². The first-order chi connectivity index (χ1) is 9.19. The summed E-state index contributed by atoms with van der Waals surface area (Å²) in [7, 11) is 1.71. The number of ether oxygens (including phenoxy) is 2. The number of hydrogen-bond donors (Lipinski definition) is 2. The highest BCUT2D eigenvalue weighted by Gasteiger charge is 2.10. The monoisotopic (exact) mass is 322 g/mol. The van der Waals surface area contributed by atoms with Gasteiger partial charge in [-0.05, 0) is 26.1 Å². The normalized spacial score (nSPS) is 9.75. The summed E-state index contributed by atoms with van der Waals surface area (Å²) in [6.07, 6.45) is 0. The second kappa shape index (κ2) is 10.7. The van der Waals surface area contributed by atoms with Crippen molar-refractivity contribution in [3.8, 4) is 5.75 Å². The van der Waals surface area contributed by atoms with Crippen molar-refractivity contribution in [3.05, 3.63) is 23.2 Å². The molecule has 0 aliphatic heterocycles. The van der Waals surface area contributed by atoms with Crippen LogP contribution in [0.5, 0.6) is 5.75 Å². The van der Waals surface area contributed by atoms with Gasteiger partial charge < -0.3 is 20.1 Å². The van der Waals surface area contributed by atoms with Gasteiger partial charge >= 0.3 is 0 Å². The van der Waals surface area contributed by atoms with Crippen LogP contribution in [-0.4, -0.2) is 39.3 Å². The van der Waals surface area contributed by atoms with Gasteiger partial charge in [0.25, 0.3) is 0 Å². The third kappa shape index (κ3) is 6.43. The number of carbonyl (C=O) groups excluding carboxylic acids is 1. The van der Waals surface area contributed by atoms with E-state index in [9.17, 15) is 4.79 Å². The molecule has 1 amide bonds. The number of hydrogen-bond acceptors (Lipinski definition) is 4. The predicted octanol–water partition coefficient (Wildman–Crippen LogP) is 2.34. The Kier molecular flexibility index (Phi) is 10.2. The molecule has 1 aromatic rings. The van der Waals surface area contributed by atoms with Crippen molar-refractivity contribution >= 4 is 35.6 Å². The molecule has 0 aromatic heterocycles. The zero-order valence-corrected chi connectivity index (χ0v) is 13.1. The highest BCUT2D eigenvalue weighted by atomic mass is 35.5. The molecule has 0 saturated carbocycles. The molecule has 0 unspecified atom stereocenters. The van der Waals surface area contributed by atoms with E-state index in [0.717, 1.165) is 0 Å². The van der Waals surface area contributed by atoms with Crippen LogP contribution in [0.25, 0.3) is 0 Å². The molecule has 20 heavy (non-hydrogen) atoms. The van der Waals surface area contributed by atoms with Crippen molar-refractivity contribution in [2.45, 2.75) is 6.92 Å². The van der Waals surface area contributed by atoms with Crippen LogP contribution in [0.15, 0.2) is 18.2 Å². The first-order valence-corrected chi connectivity index (χ1v) is 6.50.